The van der Waals surface area contributed by atoms with Crippen molar-refractivity contribution in [1.29, 1.82) is 0 Å². The van der Waals surface area contributed by atoms with Gasteiger partial charge in [0.15, 0.2) is 11.6 Å². The third-order valence-corrected chi connectivity index (χ3v) is 7.33. The van der Waals surface area contributed by atoms with Gasteiger partial charge in [0, 0.05) is 35.6 Å². The Kier molecular flexibility index (Phi) is 3.62. The molecular weight excluding hydrogens is 343 g/mol. The van der Waals surface area contributed by atoms with Crippen LogP contribution in [0.1, 0.15) is 63.9 Å². The summed E-state index contributed by atoms with van der Waals surface area (Å²) in [7, 11) is 0. The van der Waals surface area contributed by atoms with E-state index in [1.807, 2.05) is 6.92 Å². The van der Waals surface area contributed by atoms with Crippen molar-refractivity contribution in [2.45, 2.75) is 70.4 Å². The summed E-state index contributed by atoms with van der Waals surface area (Å²) in [5, 5.41) is 10.1. The molecule has 4 bridgehead atoms. The van der Waals surface area contributed by atoms with E-state index in [-0.39, 0.29) is 17.6 Å². The highest BCUT2D eigenvalue weighted by Crippen LogP contribution is 2.56. The Labute approximate surface area is 158 Å². The van der Waals surface area contributed by atoms with Crippen LogP contribution in [0.5, 0.6) is 5.75 Å². The van der Waals surface area contributed by atoms with Gasteiger partial charge >= 0.3 is 0 Å². The number of nitrogens with one attached hydrogen (secondary N) is 1. The molecule has 2 N–H and O–H groups in total. The SMILES string of the molecule is CC(CC(=O)N1C2CC3CC1CC(C)(C3)C2)c1c[nH]c2ccc(O)c(F)c12. The summed E-state index contributed by atoms with van der Waals surface area (Å²) < 4.78 is 14.5. The van der Waals surface area contributed by atoms with Gasteiger partial charge in [-0.05, 0) is 67.1 Å². The number of aromatic amines is 1. The number of nitrogens with zero attached hydrogens (tertiary/aromatic N) is 1. The average molecular weight is 370 g/mol. The van der Waals surface area contributed by atoms with Crippen LogP contribution in [0.25, 0.3) is 10.9 Å². The Morgan fingerprint density at radius 1 is 1.33 bits per heavy atom. The number of H-pyrrole nitrogens is 1. The zero-order valence-corrected chi connectivity index (χ0v) is 16.0. The number of benzene rings is 1. The normalized spacial score (nSPS) is 33.0. The zero-order chi connectivity index (χ0) is 18.9. The highest BCUT2D eigenvalue weighted by Gasteiger charge is 2.53. The number of aromatic hydroxyl groups is 1. The smallest absolute Gasteiger partial charge is 0.223 e. The summed E-state index contributed by atoms with van der Waals surface area (Å²) in [6.45, 7) is 4.37. The summed E-state index contributed by atoms with van der Waals surface area (Å²) in [6, 6.07) is 3.82. The Bertz CT molecular complexity index is 904. The first-order valence-electron chi connectivity index (χ1n) is 10.1. The lowest BCUT2D eigenvalue weighted by Gasteiger charge is -2.61. The van der Waals surface area contributed by atoms with Gasteiger partial charge in [0.25, 0.3) is 0 Å². The van der Waals surface area contributed by atoms with Gasteiger partial charge in [-0.3, -0.25) is 4.79 Å². The molecule has 4 fully saturated rings. The summed E-state index contributed by atoms with van der Waals surface area (Å²) in [5.41, 5.74) is 1.85. The van der Waals surface area contributed by atoms with E-state index in [0.29, 0.717) is 34.8 Å². The third-order valence-electron chi connectivity index (χ3n) is 7.33. The van der Waals surface area contributed by atoms with Gasteiger partial charge in [0.1, 0.15) is 0 Å². The van der Waals surface area contributed by atoms with Crippen LogP contribution in [-0.2, 0) is 4.79 Å². The number of halogens is 1. The molecule has 1 amide bonds. The predicted octanol–water partition coefficient (Wildman–Crippen LogP) is 4.69. The molecule has 4 aliphatic rings. The van der Waals surface area contributed by atoms with Gasteiger partial charge < -0.3 is 15.0 Å². The molecule has 27 heavy (non-hydrogen) atoms. The van der Waals surface area contributed by atoms with E-state index in [2.05, 4.69) is 16.8 Å². The Morgan fingerprint density at radius 2 is 2.04 bits per heavy atom. The first-order valence-corrected chi connectivity index (χ1v) is 10.1. The lowest BCUT2D eigenvalue weighted by molar-refractivity contribution is -0.156. The molecule has 2 aliphatic heterocycles. The summed E-state index contributed by atoms with van der Waals surface area (Å²) in [6.07, 6.45) is 8.07. The standard InChI is InChI=1S/C22H27FN2O2/c1-12(16-11-24-17-3-4-18(26)21(23)20(16)17)5-19(27)25-14-6-13-7-15(25)10-22(2,8-13)9-14/h3-4,11-15,24,26H,5-10H2,1-2H3. The minimum Gasteiger partial charge on any atom is -0.505 e. The number of hydrogen-bond donors (Lipinski definition) is 2. The van der Waals surface area contributed by atoms with Crippen molar-refractivity contribution in [3.05, 3.63) is 29.7 Å². The van der Waals surface area contributed by atoms with Gasteiger partial charge in [-0.2, -0.15) is 0 Å². The topological polar surface area (TPSA) is 56.3 Å². The molecule has 3 heterocycles. The van der Waals surface area contributed by atoms with E-state index in [0.717, 1.165) is 37.2 Å². The van der Waals surface area contributed by atoms with Gasteiger partial charge in [-0.15, -0.1) is 0 Å². The van der Waals surface area contributed by atoms with Gasteiger partial charge in [-0.25, -0.2) is 4.39 Å². The summed E-state index contributed by atoms with van der Waals surface area (Å²) in [4.78, 5) is 18.5. The number of amides is 1. The maximum Gasteiger partial charge on any atom is 0.223 e. The fourth-order valence-corrected chi connectivity index (χ4v) is 6.47. The largest absolute Gasteiger partial charge is 0.505 e. The maximum absolute atomic E-state index is 14.5. The molecule has 2 saturated heterocycles. The Morgan fingerprint density at radius 3 is 2.70 bits per heavy atom. The van der Waals surface area contributed by atoms with Crippen molar-refractivity contribution < 1.29 is 14.3 Å². The molecule has 2 saturated carbocycles. The molecule has 2 aliphatic carbocycles. The van der Waals surface area contributed by atoms with E-state index in [1.54, 1.807) is 12.3 Å². The number of aromatic nitrogens is 1. The van der Waals surface area contributed by atoms with Crippen LogP contribution in [0.4, 0.5) is 4.39 Å². The van der Waals surface area contributed by atoms with E-state index >= 15 is 0 Å². The van der Waals surface area contributed by atoms with Crippen LogP contribution < -0.4 is 0 Å². The summed E-state index contributed by atoms with van der Waals surface area (Å²) in [5.74, 6) is -0.0596. The fourth-order valence-electron chi connectivity index (χ4n) is 6.47. The van der Waals surface area contributed by atoms with Crippen molar-refractivity contribution in [3.63, 3.8) is 0 Å². The second-order valence-electron chi connectivity index (χ2n) is 9.54. The van der Waals surface area contributed by atoms with Crippen molar-refractivity contribution in [2.24, 2.45) is 11.3 Å². The molecule has 1 aromatic carbocycles. The molecule has 2 aromatic rings. The summed E-state index contributed by atoms with van der Waals surface area (Å²) >= 11 is 0. The van der Waals surface area contributed by atoms with Gasteiger partial charge in [0.05, 0.1) is 0 Å². The molecule has 4 nitrogen and oxygen atoms in total. The second-order valence-corrected chi connectivity index (χ2v) is 9.54. The number of fused-ring (bicyclic) bond motifs is 1. The Hall–Kier alpha value is -2.04. The average Bonchev–Trinajstić information content (AvgIpc) is 3.01. The predicted molar refractivity (Wildman–Crippen MR) is 102 cm³/mol. The quantitative estimate of drug-likeness (QED) is 0.824. The Balaban J connectivity index is 1.38. The molecule has 5 heteroatoms. The molecule has 6 rings (SSSR count). The number of phenolic OH excluding ortho intramolecular Hbond substituents is 1. The van der Waals surface area contributed by atoms with Crippen LogP contribution in [0, 0.1) is 17.2 Å². The molecular formula is C22H27FN2O2. The zero-order valence-electron chi connectivity index (χ0n) is 16.0. The fraction of sp³-hybridized carbons (Fsp3) is 0.591. The van der Waals surface area contributed by atoms with Crippen LogP contribution in [0.15, 0.2) is 18.3 Å². The molecule has 3 unspecified atom stereocenters. The van der Waals surface area contributed by atoms with Crippen molar-refractivity contribution in [1.82, 2.24) is 9.88 Å². The molecule has 0 spiro atoms. The number of phenols is 1. The molecule has 3 atom stereocenters. The minimum atomic E-state index is -0.606. The second kappa shape index (κ2) is 5.73. The van der Waals surface area contributed by atoms with E-state index in [9.17, 15) is 14.3 Å². The molecule has 144 valence electrons. The van der Waals surface area contributed by atoms with Crippen LogP contribution in [0.2, 0.25) is 0 Å². The van der Waals surface area contributed by atoms with Crippen molar-refractivity contribution in [2.75, 3.05) is 0 Å². The number of carbonyl (C=O) groups is 1. The van der Waals surface area contributed by atoms with E-state index in [1.165, 1.54) is 12.5 Å². The van der Waals surface area contributed by atoms with E-state index in [4.69, 9.17) is 0 Å². The highest BCUT2D eigenvalue weighted by atomic mass is 19.1. The number of rotatable bonds is 3. The number of piperidine rings is 2. The van der Waals surface area contributed by atoms with Crippen LogP contribution in [-0.4, -0.2) is 33.0 Å². The van der Waals surface area contributed by atoms with E-state index < -0.39 is 5.82 Å². The van der Waals surface area contributed by atoms with Crippen LogP contribution in [0.3, 0.4) is 0 Å². The lowest BCUT2D eigenvalue weighted by atomic mass is 9.56. The molecule has 0 radical (unpaired) electrons. The van der Waals surface area contributed by atoms with Crippen molar-refractivity contribution in [3.8, 4) is 5.75 Å². The monoisotopic (exact) mass is 370 g/mol. The van der Waals surface area contributed by atoms with Crippen LogP contribution >= 0.6 is 0 Å². The molecule has 1 aromatic heterocycles. The highest BCUT2D eigenvalue weighted by molar-refractivity contribution is 5.87. The van der Waals surface area contributed by atoms with Gasteiger partial charge in [0.2, 0.25) is 5.91 Å². The first kappa shape index (κ1) is 17.1. The van der Waals surface area contributed by atoms with Crippen molar-refractivity contribution >= 4 is 16.8 Å². The first-order chi connectivity index (χ1) is 12.8. The number of carbonyl (C=O) groups excluding carboxylic acids is 1. The maximum atomic E-state index is 14.5. The number of hydrogen-bond acceptors (Lipinski definition) is 2. The lowest BCUT2D eigenvalue weighted by Crippen LogP contribution is -2.62. The third kappa shape index (κ3) is 2.58. The van der Waals surface area contributed by atoms with Gasteiger partial charge in [-0.1, -0.05) is 13.8 Å². The minimum absolute atomic E-state index is 0.102.